The first kappa shape index (κ1) is 18.6. The van der Waals surface area contributed by atoms with Gasteiger partial charge in [0.2, 0.25) is 5.95 Å². The number of hydrogen-bond acceptors (Lipinski definition) is 5. The van der Waals surface area contributed by atoms with Crippen LogP contribution in [-0.4, -0.2) is 43.2 Å². The van der Waals surface area contributed by atoms with E-state index in [0.717, 1.165) is 49.5 Å². The molecule has 0 radical (unpaired) electrons. The molecule has 4 rings (SSSR count). The largest absolute Gasteiger partial charge is 0.368 e. The van der Waals surface area contributed by atoms with Crippen molar-refractivity contribution in [1.29, 1.82) is 0 Å². The topological polar surface area (TPSA) is 35.5 Å². The molecule has 1 aliphatic heterocycles. The predicted molar refractivity (Wildman–Crippen MR) is 116 cm³/mol. The van der Waals surface area contributed by atoms with E-state index in [-0.39, 0.29) is 0 Å². The highest BCUT2D eigenvalue weighted by atomic mass is 35.5. The van der Waals surface area contributed by atoms with Crippen LogP contribution in [0.25, 0.3) is 0 Å². The van der Waals surface area contributed by atoms with Crippen LogP contribution < -0.4 is 14.7 Å². The highest BCUT2D eigenvalue weighted by Crippen LogP contribution is 2.23. The lowest BCUT2D eigenvalue weighted by Gasteiger charge is -2.37. The van der Waals surface area contributed by atoms with Gasteiger partial charge in [-0.1, -0.05) is 48.0 Å². The average molecular weight is 394 g/mol. The zero-order valence-corrected chi connectivity index (χ0v) is 16.8. The number of anilines is 3. The summed E-state index contributed by atoms with van der Waals surface area (Å²) in [5, 5.41) is 0.779. The fourth-order valence-electron chi connectivity index (χ4n) is 3.49. The fourth-order valence-corrected chi connectivity index (χ4v) is 3.68. The predicted octanol–water partition coefficient (Wildman–Crippen LogP) is 4.09. The summed E-state index contributed by atoms with van der Waals surface area (Å²) in [5.41, 5.74) is 2.42. The lowest BCUT2D eigenvalue weighted by atomic mass is 10.2. The van der Waals surface area contributed by atoms with Crippen LogP contribution in [0, 0.1) is 0 Å². The molecule has 144 valence electrons. The Morgan fingerprint density at radius 3 is 2.43 bits per heavy atom. The van der Waals surface area contributed by atoms with Crippen molar-refractivity contribution in [2.75, 3.05) is 47.9 Å². The third kappa shape index (κ3) is 4.37. The molecule has 1 saturated heterocycles. The highest BCUT2D eigenvalue weighted by Gasteiger charge is 2.19. The van der Waals surface area contributed by atoms with E-state index < -0.39 is 0 Å². The first-order valence-corrected chi connectivity index (χ1v) is 9.90. The van der Waals surface area contributed by atoms with Gasteiger partial charge in [0.1, 0.15) is 5.82 Å². The van der Waals surface area contributed by atoms with Crippen LogP contribution >= 0.6 is 11.6 Å². The molecule has 2 aromatic carbocycles. The average Bonchev–Trinajstić information content (AvgIpc) is 2.75. The van der Waals surface area contributed by atoms with Crippen molar-refractivity contribution in [3.63, 3.8) is 0 Å². The van der Waals surface area contributed by atoms with Crippen molar-refractivity contribution in [3.8, 4) is 0 Å². The summed E-state index contributed by atoms with van der Waals surface area (Å²) in [7, 11) is 2.03. The van der Waals surface area contributed by atoms with Gasteiger partial charge in [0.15, 0.2) is 0 Å². The minimum atomic E-state index is 0.749. The van der Waals surface area contributed by atoms with E-state index in [1.54, 1.807) is 0 Å². The van der Waals surface area contributed by atoms with Crippen molar-refractivity contribution in [3.05, 3.63) is 77.4 Å². The Bertz CT molecular complexity index is 910. The highest BCUT2D eigenvalue weighted by molar-refractivity contribution is 6.30. The zero-order chi connectivity index (χ0) is 19.3. The van der Waals surface area contributed by atoms with Gasteiger partial charge in [0.05, 0.1) is 0 Å². The molecule has 5 nitrogen and oxygen atoms in total. The van der Waals surface area contributed by atoms with Crippen LogP contribution in [0.4, 0.5) is 17.5 Å². The van der Waals surface area contributed by atoms with Gasteiger partial charge in [-0.2, -0.15) is 4.98 Å². The van der Waals surface area contributed by atoms with Crippen LogP contribution in [0.2, 0.25) is 5.02 Å². The molecule has 0 saturated carbocycles. The number of benzene rings is 2. The smallest absolute Gasteiger partial charge is 0.227 e. The summed E-state index contributed by atoms with van der Waals surface area (Å²) in [6.07, 6.45) is 1.85. The third-order valence-electron chi connectivity index (χ3n) is 5.01. The van der Waals surface area contributed by atoms with E-state index >= 15 is 0 Å². The van der Waals surface area contributed by atoms with E-state index in [0.29, 0.717) is 0 Å². The van der Waals surface area contributed by atoms with Crippen LogP contribution in [0.3, 0.4) is 0 Å². The van der Waals surface area contributed by atoms with Crippen LogP contribution in [0.5, 0.6) is 0 Å². The number of halogens is 1. The quantitative estimate of drug-likeness (QED) is 0.652. The molecular weight excluding hydrogens is 370 g/mol. The van der Waals surface area contributed by atoms with Gasteiger partial charge < -0.3 is 14.7 Å². The molecule has 1 aromatic heterocycles. The lowest BCUT2D eigenvalue weighted by Crippen LogP contribution is -2.46. The van der Waals surface area contributed by atoms with Gasteiger partial charge in [0, 0.05) is 56.7 Å². The molecule has 2 heterocycles. The van der Waals surface area contributed by atoms with Crippen molar-refractivity contribution >= 4 is 29.1 Å². The molecule has 0 aliphatic carbocycles. The number of rotatable bonds is 5. The number of nitrogens with zero attached hydrogens (tertiary/aromatic N) is 5. The number of hydrogen-bond donors (Lipinski definition) is 0. The Hall–Kier alpha value is -2.79. The molecule has 0 amide bonds. The molecule has 0 atom stereocenters. The van der Waals surface area contributed by atoms with E-state index in [4.69, 9.17) is 16.6 Å². The minimum Gasteiger partial charge on any atom is -0.368 e. The van der Waals surface area contributed by atoms with Gasteiger partial charge in [-0.25, -0.2) is 4.98 Å². The summed E-state index contributed by atoms with van der Waals surface area (Å²) < 4.78 is 0. The van der Waals surface area contributed by atoms with Gasteiger partial charge in [-0.05, 0) is 29.8 Å². The van der Waals surface area contributed by atoms with Gasteiger partial charge in [0.25, 0.3) is 0 Å². The molecule has 1 aliphatic rings. The fraction of sp³-hybridized carbons (Fsp3) is 0.273. The first-order chi connectivity index (χ1) is 13.7. The molecule has 28 heavy (non-hydrogen) atoms. The Kier molecular flexibility index (Phi) is 5.63. The Balaban J connectivity index is 1.41. The van der Waals surface area contributed by atoms with Crippen LogP contribution in [0.1, 0.15) is 5.56 Å². The Morgan fingerprint density at radius 2 is 1.68 bits per heavy atom. The maximum Gasteiger partial charge on any atom is 0.227 e. The zero-order valence-electron chi connectivity index (χ0n) is 16.0. The Labute approximate surface area is 171 Å². The summed E-state index contributed by atoms with van der Waals surface area (Å²) in [4.78, 5) is 16.0. The van der Waals surface area contributed by atoms with Crippen LogP contribution in [-0.2, 0) is 6.54 Å². The molecule has 0 bridgehead atoms. The molecule has 6 heteroatoms. The van der Waals surface area contributed by atoms with E-state index in [1.807, 2.05) is 43.6 Å². The first-order valence-electron chi connectivity index (χ1n) is 9.52. The van der Waals surface area contributed by atoms with Crippen molar-refractivity contribution in [1.82, 2.24) is 9.97 Å². The van der Waals surface area contributed by atoms with Crippen molar-refractivity contribution in [2.45, 2.75) is 6.54 Å². The monoisotopic (exact) mass is 393 g/mol. The van der Waals surface area contributed by atoms with Crippen molar-refractivity contribution < 1.29 is 0 Å². The second-order valence-corrected chi connectivity index (χ2v) is 7.45. The molecular formula is C22H24ClN5. The third-order valence-corrected chi connectivity index (χ3v) is 5.24. The summed E-state index contributed by atoms with van der Waals surface area (Å²) in [6, 6.07) is 20.4. The van der Waals surface area contributed by atoms with Crippen LogP contribution in [0.15, 0.2) is 66.9 Å². The normalized spacial score (nSPS) is 14.2. The standard InChI is InChI=1S/C22H24ClN5/c1-26(17-18-6-3-2-4-7-18)22-24-11-10-21(25-22)28-14-12-27(13-15-28)20-9-5-8-19(23)16-20/h2-11,16H,12-15,17H2,1H3. The second-order valence-electron chi connectivity index (χ2n) is 7.01. The number of aromatic nitrogens is 2. The number of piperazine rings is 1. The van der Waals surface area contributed by atoms with Crippen molar-refractivity contribution in [2.24, 2.45) is 0 Å². The van der Waals surface area contributed by atoms with E-state index in [9.17, 15) is 0 Å². The molecule has 0 spiro atoms. The van der Waals surface area contributed by atoms with Gasteiger partial charge >= 0.3 is 0 Å². The molecule has 1 fully saturated rings. The summed E-state index contributed by atoms with van der Waals surface area (Å²) in [6.45, 7) is 4.52. The lowest BCUT2D eigenvalue weighted by molar-refractivity contribution is 0.646. The maximum absolute atomic E-state index is 6.13. The van der Waals surface area contributed by atoms with E-state index in [1.165, 1.54) is 11.3 Å². The molecule has 3 aromatic rings. The molecule has 0 unspecified atom stereocenters. The van der Waals surface area contributed by atoms with Gasteiger partial charge in [-0.15, -0.1) is 0 Å². The Morgan fingerprint density at radius 1 is 0.929 bits per heavy atom. The summed E-state index contributed by atoms with van der Waals surface area (Å²) >= 11 is 6.13. The van der Waals surface area contributed by atoms with Gasteiger partial charge in [-0.3, -0.25) is 0 Å². The molecule has 0 N–H and O–H groups in total. The minimum absolute atomic E-state index is 0.749. The summed E-state index contributed by atoms with van der Waals surface area (Å²) in [5.74, 6) is 1.73. The SMILES string of the molecule is CN(Cc1ccccc1)c1nccc(N2CCN(c3cccc(Cl)c3)CC2)n1. The second kappa shape index (κ2) is 8.48. The van der Waals surface area contributed by atoms with E-state index in [2.05, 4.69) is 50.0 Å². The maximum atomic E-state index is 6.13.